The minimum atomic E-state index is -0.792. The van der Waals surface area contributed by atoms with Gasteiger partial charge in [0.1, 0.15) is 5.82 Å². The first-order valence-electron chi connectivity index (χ1n) is 11.0. The van der Waals surface area contributed by atoms with E-state index in [4.69, 9.17) is 16.1 Å². The molecule has 0 bridgehead atoms. The lowest BCUT2D eigenvalue weighted by atomic mass is 10.1. The fourth-order valence-corrected chi connectivity index (χ4v) is 5.54. The molecule has 34 heavy (non-hydrogen) atoms. The van der Waals surface area contributed by atoms with E-state index in [1.165, 1.54) is 11.2 Å². The monoisotopic (exact) mass is 478 g/mol. The molecule has 1 aliphatic carbocycles. The van der Waals surface area contributed by atoms with Crippen molar-refractivity contribution in [3.05, 3.63) is 72.2 Å². The van der Waals surface area contributed by atoms with E-state index in [0.717, 1.165) is 29.4 Å². The van der Waals surface area contributed by atoms with Crippen LogP contribution in [0.5, 0.6) is 0 Å². The summed E-state index contributed by atoms with van der Waals surface area (Å²) in [6, 6.07) is 12.8. The topological polar surface area (TPSA) is 103 Å². The molecule has 0 saturated heterocycles. The SMILES string of the molecule is C/C=C\C=N/c1ccc(CN(N)c2nc(-c3ccc(P(OC)C4CC4)cc3F)cnc2N)cc1. The fourth-order valence-electron chi connectivity index (χ4n) is 3.53. The lowest BCUT2D eigenvalue weighted by Gasteiger charge is -2.20. The number of nitrogens with two attached hydrogens (primary N) is 2. The minimum absolute atomic E-state index is 0.174. The van der Waals surface area contributed by atoms with Crippen molar-refractivity contribution in [1.82, 2.24) is 9.97 Å². The standard InChI is InChI=1S/C25H28FN6OP/c1-3-4-13-29-18-7-5-17(6-8-18)16-32(28)25-24(27)30-15-23(31-25)21-12-11-20(14-22(21)26)34(33-2)19-9-10-19/h3-8,11-15,19H,9-10,16,28H2,1-2H3,(H2,27,30)/b4-3-,29-13-. The molecule has 0 aliphatic heterocycles. The van der Waals surface area contributed by atoms with E-state index in [2.05, 4.69) is 15.0 Å². The third kappa shape index (κ3) is 5.65. The summed E-state index contributed by atoms with van der Waals surface area (Å²) < 4.78 is 20.7. The van der Waals surface area contributed by atoms with Crippen LogP contribution in [0.2, 0.25) is 0 Å². The number of rotatable bonds is 9. The van der Waals surface area contributed by atoms with Gasteiger partial charge in [-0.25, -0.2) is 20.2 Å². The predicted octanol–water partition coefficient (Wildman–Crippen LogP) is 4.85. The Balaban J connectivity index is 1.52. The average molecular weight is 479 g/mol. The number of hydrazine groups is 1. The van der Waals surface area contributed by atoms with Crippen molar-refractivity contribution < 1.29 is 8.91 Å². The van der Waals surface area contributed by atoms with Gasteiger partial charge in [0.2, 0.25) is 0 Å². The van der Waals surface area contributed by atoms with Gasteiger partial charge in [0.05, 0.1) is 32.3 Å². The molecular formula is C25H28FN6OP. The van der Waals surface area contributed by atoms with Crippen molar-refractivity contribution in [2.45, 2.75) is 32.0 Å². The molecule has 0 spiro atoms. The maximum Gasteiger partial charge on any atom is 0.186 e. The second-order valence-corrected chi connectivity index (χ2v) is 10.2. The first-order chi connectivity index (χ1) is 16.5. The van der Waals surface area contributed by atoms with Crippen LogP contribution in [-0.2, 0) is 11.1 Å². The zero-order chi connectivity index (χ0) is 24.1. The minimum Gasteiger partial charge on any atom is -0.381 e. The van der Waals surface area contributed by atoms with Gasteiger partial charge >= 0.3 is 0 Å². The van der Waals surface area contributed by atoms with Crippen molar-refractivity contribution in [3.8, 4) is 11.3 Å². The molecule has 4 N–H and O–H groups in total. The molecule has 1 unspecified atom stereocenters. The summed E-state index contributed by atoms with van der Waals surface area (Å²) in [5, 5.41) is 2.30. The van der Waals surface area contributed by atoms with Crippen LogP contribution in [0.25, 0.3) is 11.3 Å². The van der Waals surface area contributed by atoms with Gasteiger partial charge < -0.3 is 10.3 Å². The third-order valence-electron chi connectivity index (χ3n) is 5.40. The van der Waals surface area contributed by atoms with Gasteiger partial charge in [0, 0.05) is 29.9 Å². The number of aromatic nitrogens is 2. The zero-order valence-corrected chi connectivity index (χ0v) is 20.1. The van der Waals surface area contributed by atoms with Crippen molar-refractivity contribution in [2.24, 2.45) is 10.8 Å². The number of nitrogens with zero attached hydrogens (tertiary/aromatic N) is 4. The Hall–Kier alpha value is -3.19. The number of benzene rings is 2. The van der Waals surface area contributed by atoms with Crippen LogP contribution >= 0.6 is 8.15 Å². The van der Waals surface area contributed by atoms with Gasteiger partial charge in [0.15, 0.2) is 11.6 Å². The highest BCUT2D eigenvalue weighted by Gasteiger charge is 2.33. The van der Waals surface area contributed by atoms with Gasteiger partial charge in [-0.3, -0.25) is 10.0 Å². The summed E-state index contributed by atoms with van der Waals surface area (Å²) in [4.78, 5) is 13.1. The molecule has 0 radical (unpaired) electrons. The maximum absolute atomic E-state index is 15.0. The van der Waals surface area contributed by atoms with Crippen LogP contribution in [-0.4, -0.2) is 29.0 Å². The lowest BCUT2D eigenvalue weighted by molar-refractivity contribution is 0.466. The molecule has 1 saturated carbocycles. The van der Waals surface area contributed by atoms with Gasteiger partial charge in [-0.2, -0.15) is 0 Å². The van der Waals surface area contributed by atoms with E-state index in [0.29, 0.717) is 23.5 Å². The molecular weight excluding hydrogens is 450 g/mol. The summed E-state index contributed by atoms with van der Waals surface area (Å²) >= 11 is 0. The molecule has 4 rings (SSSR count). The van der Waals surface area contributed by atoms with Crippen LogP contribution in [0.3, 0.4) is 0 Å². The largest absolute Gasteiger partial charge is 0.381 e. The Bertz CT molecular complexity index is 1200. The first-order valence-corrected chi connectivity index (χ1v) is 12.4. The summed E-state index contributed by atoms with van der Waals surface area (Å²) in [6.45, 7) is 2.28. The second kappa shape index (κ2) is 10.8. The average Bonchev–Trinajstić information content (AvgIpc) is 3.67. The number of halogens is 1. The Labute approximate surface area is 200 Å². The van der Waals surface area contributed by atoms with Crippen LogP contribution in [0.4, 0.5) is 21.7 Å². The van der Waals surface area contributed by atoms with Gasteiger partial charge in [0.25, 0.3) is 0 Å². The van der Waals surface area contributed by atoms with E-state index >= 15 is 4.39 Å². The normalized spacial score (nSPS) is 14.7. The number of anilines is 2. The van der Waals surface area contributed by atoms with Crippen LogP contribution in [0.1, 0.15) is 25.3 Å². The van der Waals surface area contributed by atoms with Gasteiger partial charge in [-0.1, -0.05) is 24.3 Å². The molecule has 0 amide bonds. The Kier molecular flexibility index (Phi) is 7.63. The molecule has 1 fully saturated rings. The van der Waals surface area contributed by atoms with E-state index in [1.54, 1.807) is 25.5 Å². The molecule has 7 nitrogen and oxygen atoms in total. The summed E-state index contributed by atoms with van der Waals surface area (Å²) in [5.74, 6) is 6.36. The molecule has 1 atom stereocenters. The molecule has 9 heteroatoms. The molecule has 1 heterocycles. The smallest absolute Gasteiger partial charge is 0.186 e. The summed E-state index contributed by atoms with van der Waals surface area (Å²) in [7, 11) is 0.896. The van der Waals surface area contributed by atoms with Crippen molar-refractivity contribution in [1.29, 1.82) is 0 Å². The van der Waals surface area contributed by atoms with Crippen LogP contribution in [0, 0.1) is 5.82 Å². The molecule has 3 aromatic rings. The van der Waals surface area contributed by atoms with Crippen molar-refractivity contribution in [3.63, 3.8) is 0 Å². The van der Waals surface area contributed by atoms with Gasteiger partial charge in [-0.15, -0.1) is 0 Å². The fraction of sp³-hybridized carbons (Fsp3) is 0.240. The van der Waals surface area contributed by atoms with E-state index in [1.807, 2.05) is 49.4 Å². The lowest BCUT2D eigenvalue weighted by Crippen LogP contribution is -2.32. The van der Waals surface area contributed by atoms with Crippen LogP contribution in [0.15, 0.2) is 65.8 Å². The first kappa shape index (κ1) is 24.0. The van der Waals surface area contributed by atoms with Gasteiger partial charge in [-0.05, 0) is 55.7 Å². The van der Waals surface area contributed by atoms with Crippen molar-refractivity contribution >= 4 is 37.0 Å². The molecule has 176 valence electrons. The van der Waals surface area contributed by atoms with E-state index < -0.39 is 8.15 Å². The Morgan fingerprint density at radius 2 is 2.00 bits per heavy atom. The zero-order valence-electron chi connectivity index (χ0n) is 19.2. The van der Waals surface area contributed by atoms with Crippen LogP contribution < -0.4 is 21.9 Å². The number of allylic oxidation sites excluding steroid dienone is 2. The number of aliphatic imine (C=N–C) groups is 1. The van der Waals surface area contributed by atoms with E-state index in [9.17, 15) is 0 Å². The number of hydrogen-bond acceptors (Lipinski definition) is 7. The maximum atomic E-state index is 15.0. The van der Waals surface area contributed by atoms with E-state index in [-0.39, 0.29) is 17.5 Å². The highest BCUT2D eigenvalue weighted by Crippen LogP contribution is 2.53. The molecule has 1 aromatic heterocycles. The third-order valence-corrected chi connectivity index (χ3v) is 7.76. The summed E-state index contributed by atoms with van der Waals surface area (Å²) in [6.07, 6.45) is 9.24. The predicted molar refractivity (Wildman–Crippen MR) is 138 cm³/mol. The summed E-state index contributed by atoms with van der Waals surface area (Å²) in [5.41, 5.74) is 9.06. The Morgan fingerprint density at radius 1 is 1.24 bits per heavy atom. The number of nitrogen functional groups attached to an aromatic ring is 1. The Morgan fingerprint density at radius 3 is 2.65 bits per heavy atom. The van der Waals surface area contributed by atoms with Crippen molar-refractivity contribution in [2.75, 3.05) is 17.9 Å². The highest BCUT2D eigenvalue weighted by molar-refractivity contribution is 7.61. The molecule has 1 aliphatic rings. The quantitative estimate of drug-likeness (QED) is 0.197. The molecule has 2 aromatic carbocycles. The second-order valence-electron chi connectivity index (χ2n) is 7.97. The number of hydrogen-bond donors (Lipinski definition) is 2. The highest BCUT2D eigenvalue weighted by atomic mass is 31.1.